The van der Waals surface area contributed by atoms with Gasteiger partial charge in [-0.1, -0.05) is 0 Å². The summed E-state index contributed by atoms with van der Waals surface area (Å²) in [6.07, 6.45) is -10.8. The van der Waals surface area contributed by atoms with Crippen LogP contribution in [0.25, 0.3) is 0 Å². The highest BCUT2D eigenvalue weighted by molar-refractivity contribution is 7.86. The Kier molecular flexibility index (Phi) is 4.28. The maximum Gasteiger partial charge on any atom is 0.421 e. The number of halogens is 5. The smallest absolute Gasteiger partial charge is 0.360 e. The molecule has 0 fully saturated rings. The van der Waals surface area contributed by atoms with Gasteiger partial charge < -0.3 is 4.74 Å². The summed E-state index contributed by atoms with van der Waals surface area (Å²) in [6, 6.07) is 0. The lowest BCUT2D eigenvalue weighted by atomic mass is 10.3. The molecule has 10 heteroatoms. The third-order valence-electron chi connectivity index (χ3n) is 1.35. The van der Waals surface area contributed by atoms with E-state index in [9.17, 15) is 30.4 Å². The van der Waals surface area contributed by atoms with E-state index in [4.69, 9.17) is 4.55 Å². The van der Waals surface area contributed by atoms with Crippen LogP contribution in [0.4, 0.5) is 22.0 Å². The summed E-state index contributed by atoms with van der Waals surface area (Å²) in [5.74, 6) is 0. The highest BCUT2D eigenvalue weighted by atomic mass is 32.2. The van der Waals surface area contributed by atoms with Crippen molar-refractivity contribution in [3.05, 3.63) is 0 Å². The van der Waals surface area contributed by atoms with Crippen LogP contribution in [0.15, 0.2) is 0 Å². The quantitative estimate of drug-likeness (QED) is 0.626. The third-order valence-corrected chi connectivity index (χ3v) is 2.26. The van der Waals surface area contributed by atoms with Crippen LogP contribution in [0.5, 0.6) is 0 Å². The Morgan fingerprint density at radius 2 is 1.50 bits per heavy atom. The summed E-state index contributed by atoms with van der Waals surface area (Å²) in [4.78, 5) is 0. The molecule has 4 nitrogen and oxygen atoms in total. The van der Waals surface area contributed by atoms with E-state index in [0.29, 0.717) is 0 Å². The van der Waals surface area contributed by atoms with Crippen molar-refractivity contribution in [1.29, 1.82) is 0 Å². The fraction of sp³-hybridized carbons (Fsp3) is 1.00. The van der Waals surface area contributed by atoms with Crippen LogP contribution >= 0.6 is 0 Å². The van der Waals surface area contributed by atoms with Gasteiger partial charge >= 0.3 is 21.5 Å². The van der Waals surface area contributed by atoms with Gasteiger partial charge in [0.15, 0.2) is 0 Å². The van der Waals surface area contributed by atoms with Gasteiger partial charge in [0, 0.05) is 0 Å². The lowest BCUT2D eigenvalue weighted by Gasteiger charge is -2.27. The number of ether oxygens (including phenoxy) is 1. The molecule has 0 rings (SSSR count). The fourth-order valence-electron chi connectivity index (χ4n) is 0.754. The Hall–Kier alpha value is -0.480. The van der Waals surface area contributed by atoms with E-state index in [-0.39, 0.29) is 0 Å². The number of hydrogen-bond acceptors (Lipinski definition) is 3. The molecular weight excluding hydrogens is 263 g/mol. The minimum Gasteiger partial charge on any atom is -0.360 e. The molecule has 1 atom stereocenters. The lowest BCUT2D eigenvalue weighted by molar-refractivity contribution is -0.273. The lowest BCUT2D eigenvalue weighted by Crippen LogP contribution is -2.52. The Balaban J connectivity index is 5.37. The zero-order chi connectivity index (χ0) is 13.4. The van der Waals surface area contributed by atoms with Crippen LogP contribution in [0.2, 0.25) is 0 Å². The maximum absolute atomic E-state index is 12.8. The van der Waals surface area contributed by atoms with Crippen molar-refractivity contribution in [3.8, 4) is 0 Å². The SMILES string of the molecule is CC(C)OC(C(F)(F)F)C(F)(F)S(=O)(=O)O. The van der Waals surface area contributed by atoms with Crippen molar-refractivity contribution in [2.24, 2.45) is 0 Å². The highest BCUT2D eigenvalue weighted by Crippen LogP contribution is 2.38. The molecule has 0 aromatic carbocycles. The Bertz CT molecular complexity index is 333. The molecule has 0 aromatic heterocycles. The van der Waals surface area contributed by atoms with Gasteiger partial charge in [-0.25, -0.2) is 0 Å². The summed E-state index contributed by atoms with van der Waals surface area (Å²) < 4.78 is 94.0. The molecule has 0 bridgehead atoms. The minimum atomic E-state index is -6.21. The molecule has 0 saturated heterocycles. The summed E-state index contributed by atoms with van der Waals surface area (Å²) in [6.45, 7) is 2.03. The summed E-state index contributed by atoms with van der Waals surface area (Å²) in [7, 11) is -6.21. The standard InChI is InChI=1S/C6H9F5O4S/c1-3(2)15-4(5(7,8)9)6(10,11)16(12,13)14/h3-4H,1-2H3,(H,12,13,14). The van der Waals surface area contributed by atoms with E-state index in [1.165, 1.54) is 0 Å². The van der Waals surface area contributed by atoms with Crippen molar-refractivity contribution in [2.45, 2.75) is 37.5 Å². The topological polar surface area (TPSA) is 63.6 Å². The zero-order valence-corrected chi connectivity index (χ0v) is 8.94. The molecule has 0 spiro atoms. The van der Waals surface area contributed by atoms with Crippen molar-refractivity contribution >= 4 is 10.1 Å². The van der Waals surface area contributed by atoms with Crippen molar-refractivity contribution < 1.29 is 39.7 Å². The predicted molar refractivity (Wildman–Crippen MR) is 42.6 cm³/mol. The van der Waals surface area contributed by atoms with Gasteiger partial charge in [-0.2, -0.15) is 30.4 Å². The Labute approximate surface area is 88.1 Å². The minimum absolute atomic E-state index is 1.01. The van der Waals surface area contributed by atoms with Gasteiger partial charge in [0.05, 0.1) is 6.10 Å². The molecule has 0 aliphatic carbocycles. The van der Waals surface area contributed by atoms with E-state index in [2.05, 4.69) is 4.74 Å². The molecular formula is C6H9F5O4S. The molecule has 0 radical (unpaired) electrons. The van der Waals surface area contributed by atoms with Crippen LogP contribution < -0.4 is 0 Å². The van der Waals surface area contributed by atoms with Gasteiger partial charge in [0.1, 0.15) is 0 Å². The number of alkyl halides is 5. The zero-order valence-electron chi connectivity index (χ0n) is 8.12. The van der Waals surface area contributed by atoms with Crippen LogP contribution in [0.1, 0.15) is 13.8 Å². The van der Waals surface area contributed by atoms with Gasteiger partial charge in [0.2, 0.25) is 6.10 Å². The Morgan fingerprint density at radius 3 is 1.69 bits per heavy atom. The number of hydrogen-bond donors (Lipinski definition) is 1. The van der Waals surface area contributed by atoms with Gasteiger partial charge in [-0.15, -0.1) is 0 Å². The van der Waals surface area contributed by atoms with Crippen LogP contribution in [-0.4, -0.2) is 36.6 Å². The highest BCUT2D eigenvalue weighted by Gasteiger charge is 2.64. The predicted octanol–water partition coefficient (Wildman–Crippen LogP) is 1.82. The van der Waals surface area contributed by atoms with E-state index in [1.54, 1.807) is 0 Å². The first-order chi connectivity index (χ1) is 6.80. The van der Waals surface area contributed by atoms with E-state index in [0.717, 1.165) is 13.8 Å². The molecule has 1 N–H and O–H groups in total. The third kappa shape index (κ3) is 3.52. The average Bonchev–Trinajstić information content (AvgIpc) is 1.95. The number of rotatable bonds is 4. The first kappa shape index (κ1) is 15.5. The normalized spacial score (nSPS) is 16.6. The van der Waals surface area contributed by atoms with Crippen molar-refractivity contribution in [3.63, 3.8) is 0 Å². The van der Waals surface area contributed by atoms with Crippen LogP contribution in [-0.2, 0) is 14.9 Å². The monoisotopic (exact) mass is 272 g/mol. The molecule has 0 aliphatic heterocycles. The second kappa shape index (κ2) is 4.41. The van der Waals surface area contributed by atoms with Gasteiger partial charge in [-0.05, 0) is 13.8 Å². The largest absolute Gasteiger partial charge is 0.421 e. The maximum atomic E-state index is 12.8. The summed E-state index contributed by atoms with van der Waals surface area (Å²) in [5, 5.41) is -5.45. The summed E-state index contributed by atoms with van der Waals surface area (Å²) >= 11 is 0. The fourth-order valence-corrected chi connectivity index (χ4v) is 1.21. The molecule has 98 valence electrons. The van der Waals surface area contributed by atoms with Crippen LogP contribution in [0, 0.1) is 0 Å². The van der Waals surface area contributed by atoms with Gasteiger partial charge in [0.25, 0.3) is 0 Å². The average molecular weight is 272 g/mol. The Morgan fingerprint density at radius 1 is 1.12 bits per heavy atom. The van der Waals surface area contributed by atoms with Gasteiger partial charge in [-0.3, -0.25) is 4.55 Å². The van der Waals surface area contributed by atoms with Crippen molar-refractivity contribution in [1.82, 2.24) is 0 Å². The molecule has 0 saturated carbocycles. The molecule has 1 unspecified atom stereocenters. The first-order valence-corrected chi connectivity index (χ1v) is 5.31. The van der Waals surface area contributed by atoms with Crippen molar-refractivity contribution in [2.75, 3.05) is 0 Å². The molecule has 0 heterocycles. The van der Waals surface area contributed by atoms with Crippen LogP contribution in [0.3, 0.4) is 0 Å². The van der Waals surface area contributed by atoms with E-state index < -0.39 is 33.8 Å². The summed E-state index contributed by atoms with van der Waals surface area (Å²) in [5.41, 5.74) is 0. The molecule has 0 aromatic rings. The van der Waals surface area contributed by atoms with E-state index in [1.807, 2.05) is 0 Å². The second-order valence-corrected chi connectivity index (χ2v) is 4.64. The second-order valence-electron chi connectivity index (χ2n) is 3.14. The van der Waals surface area contributed by atoms with E-state index >= 15 is 0 Å². The molecule has 16 heavy (non-hydrogen) atoms. The first-order valence-electron chi connectivity index (χ1n) is 3.87. The molecule has 0 aliphatic rings. The molecule has 0 amide bonds.